The fourth-order valence-electron chi connectivity index (χ4n) is 1.44. The first-order valence-corrected chi connectivity index (χ1v) is 6.62. The standard InChI is InChI=1S/C11H13NO4S/c1-2-5-12-17(13,14)9-3-4-10-11(8-9)16-7-6-15-10/h2-4,8,12H,1,5-7H2. The van der Waals surface area contributed by atoms with Crippen molar-refractivity contribution in [2.24, 2.45) is 0 Å². The van der Waals surface area contributed by atoms with Crippen LogP contribution in [0.1, 0.15) is 0 Å². The van der Waals surface area contributed by atoms with Crippen molar-refractivity contribution in [2.45, 2.75) is 4.90 Å². The fourth-order valence-corrected chi connectivity index (χ4v) is 2.46. The van der Waals surface area contributed by atoms with Crippen LogP contribution in [0.3, 0.4) is 0 Å². The molecule has 0 unspecified atom stereocenters. The van der Waals surface area contributed by atoms with E-state index in [1.165, 1.54) is 18.2 Å². The second-order valence-electron chi connectivity index (χ2n) is 3.45. The molecule has 0 aliphatic carbocycles. The van der Waals surface area contributed by atoms with Gasteiger partial charge in [-0.15, -0.1) is 6.58 Å². The van der Waals surface area contributed by atoms with Gasteiger partial charge in [0.05, 0.1) is 4.90 Å². The van der Waals surface area contributed by atoms with Crippen LogP contribution in [0.5, 0.6) is 11.5 Å². The van der Waals surface area contributed by atoms with E-state index < -0.39 is 10.0 Å². The van der Waals surface area contributed by atoms with Crippen molar-refractivity contribution < 1.29 is 17.9 Å². The van der Waals surface area contributed by atoms with Gasteiger partial charge in [-0.25, -0.2) is 13.1 Å². The van der Waals surface area contributed by atoms with Crippen molar-refractivity contribution in [3.8, 4) is 11.5 Å². The largest absolute Gasteiger partial charge is 0.486 e. The van der Waals surface area contributed by atoms with Crippen LogP contribution in [-0.2, 0) is 10.0 Å². The Labute approximate surface area is 100 Å². The molecule has 17 heavy (non-hydrogen) atoms. The Morgan fingerprint density at radius 3 is 2.71 bits per heavy atom. The summed E-state index contributed by atoms with van der Waals surface area (Å²) in [5, 5.41) is 0. The van der Waals surface area contributed by atoms with Gasteiger partial charge in [-0.05, 0) is 12.1 Å². The van der Waals surface area contributed by atoms with Gasteiger partial charge in [-0.2, -0.15) is 0 Å². The molecule has 0 aromatic heterocycles. The number of nitrogens with one attached hydrogen (secondary N) is 1. The van der Waals surface area contributed by atoms with Crippen LogP contribution in [0.25, 0.3) is 0 Å². The van der Waals surface area contributed by atoms with E-state index in [1.54, 1.807) is 6.07 Å². The highest BCUT2D eigenvalue weighted by atomic mass is 32.2. The van der Waals surface area contributed by atoms with E-state index in [4.69, 9.17) is 9.47 Å². The van der Waals surface area contributed by atoms with Crippen LogP contribution in [0.2, 0.25) is 0 Å². The molecule has 0 saturated heterocycles. The number of benzene rings is 1. The minimum Gasteiger partial charge on any atom is -0.486 e. The molecule has 1 aliphatic heterocycles. The number of hydrogen-bond donors (Lipinski definition) is 1. The molecule has 0 spiro atoms. The minimum atomic E-state index is -3.51. The van der Waals surface area contributed by atoms with E-state index in [0.717, 1.165) is 0 Å². The maximum absolute atomic E-state index is 11.8. The van der Waals surface area contributed by atoms with E-state index in [9.17, 15) is 8.42 Å². The Bertz CT molecular complexity index is 524. The topological polar surface area (TPSA) is 64.6 Å². The first-order valence-electron chi connectivity index (χ1n) is 5.14. The van der Waals surface area contributed by atoms with Crippen molar-refractivity contribution in [3.63, 3.8) is 0 Å². The van der Waals surface area contributed by atoms with Gasteiger partial charge < -0.3 is 9.47 Å². The van der Waals surface area contributed by atoms with Crippen LogP contribution in [0.4, 0.5) is 0 Å². The summed E-state index contributed by atoms with van der Waals surface area (Å²) >= 11 is 0. The lowest BCUT2D eigenvalue weighted by molar-refractivity contribution is 0.171. The molecule has 1 aromatic carbocycles. The summed E-state index contributed by atoms with van der Waals surface area (Å²) in [6.07, 6.45) is 1.48. The Balaban J connectivity index is 2.30. The zero-order valence-corrected chi connectivity index (χ0v) is 10.00. The highest BCUT2D eigenvalue weighted by Crippen LogP contribution is 2.31. The van der Waals surface area contributed by atoms with E-state index >= 15 is 0 Å². The summed E-state index contributed by atoms with van der Waals surface area (Å²) in [6.45, 7) is 4.55. The number of fused-ring (bicyclic) bond motifs is 1. The predicted octanol–water partition coefficient (Wildman–Crippen LogP) is 0.922. The summed E-state index contributed by atoms with van der Waals surface area (Å²) in [5.41, 5.74) is 0. The quantitative estimate of drug-likeness (QED) is 0.813. The fraction of sp³-hybridized carbons (Fsp3) is 0.273. The third-order valence-electron chi connectivity index (χ3n) is 2.24. The van der Waals surface area contributed by atoms with E-state index in [1.807, 2.05) is 0 Å². The van der Waals surface area contributed by atoms with Gasteiger partial charge in [0.15, 0.2) is 11.5 Å². The lowest BCUT2D eigenvalue weighted by Crippen LogP contribution is -2.24. The Morgan fingerprint density at radius 2 is 2.00 bits per heavy atom. The molecule has 6 heteroatoms. The molecule has 2 rings (SSSR count). The van der Waals surface area contributed by atoms with Gasteiger partial charge >= 0.3 is 0 Å². The number of sulfonamides is 1. The lowest BCUT2D eigenvalue weighted by Gasteiger charge is -2.18. The maximum Gasteiger partial charge on any atom is 0.240 e. The predicted molar refractivity (Wildman–Crippen MR) is 62.8 cm³/mol. The number of ether oxygens (including phenoxy) is 2. The first-order chi connectivity index (χ1) is 8.13. The highest BCUT2D eigenvalue weighted by Gasteiger charge is 2.18. The van der Waals surface area contributed by atoms with Gasteiger partial charge in [0, 0.05) is 12.6 Å². The Morgan fingerprint density at radius 1 is 1.29 bits per heavy atom. The zero-order chi connectivity index (χ0) is 12.3. The first kappa shape index (κ1) is 11.9. The van der Waals surface area contributed by atoms with Crippen molar-refractivity contribution in [2.75, 3.05) is 19.8 Å². The number of rotatable bonds is 4. The van der Waals surface area contributed by atoms with Crippen molar-refractivity contribution in [3.05, 3.63) is 30.9 Å². The SMILES string of the molecule is C=CCNS(=O)(=O)c1ccc2c(c1)OCCO2. The smallest absolute Gasteiger partial charge is 0.240 e. The third-order valence-corrected chi connectivity index (χ3v) is 3.66. The van der Waals surface area contributed by atoms with E-state index in [0.29, 0.717) is 24.7 Å². The second-order valence-corrected chi connectivity index (χ2v) is 5.21. The Hall–Kier alpha value is -1.53. The number of hydrogen-bond acceptors (Lipinski definition) is 4. The second kappa shape index (κ2) is 4.77. The highest BCUT2D eigenvalue weighted by molar-refractivity contribution is 7.89. The molecule has 1 N–H and O–H groups in total. The molecule has 0 atom stereocenters. The summed E-state index contributed by atoms with van der Waals surface area (Å²) in [6, 6.07) is 4.54. The van der Waals surface area contributed by atoms with Crippen LogP contribution >= 0.6 is 0 Å². The summed E-state index contributed by atoms with van der Waals surface area (Å²) in [4.78, 5) is 0.156. The molecule has 1 heterocycles. The summed E-state index contributed by atoms with van der Waals surface area (Å²) in [7, 11) is -3.51. The van der Waals surface area contributed by atoms with Crippen LogP contribution in [0, 0.1) is 0 Å². The van der Waals surface area contributed by atoms with Crippen LogP contribution in [-0.4, -0.2) is 28.2 Å². The third kappa shape index (κ3) is 2.59. The van der Waals surface area contributed by atoms with E-state index in [2.05, 4.69) is 11.3 Å². The summed E-state index contributed by atoms with van der Waals surface area (Å²) in [5.74, 6) is 1.02. The zero-order valence-electron chi connectivity index (χ0n) is 9.18. The molecule has 0 saturated carbocycles. The molecule has 92 valence electrons. The average Bonchev–Trinajstić information content (AvgIpc) is 2.36. The molecule has 5 nitrogen and oxygen atoms in total. The van der Waals surface area contributed by atoms with Gasteiger partial charge in [0.2, 0.25) is 10.0 Å². The van der Waals surface area contributed by atoms with Gasteiger partial charge in [-0.1, -0.05) is 6.08 Å². The molecule has 0 amide bonds. The Kier molecular flexibility index (Phi) is 3.35. The van der Waals surface area contributed by atoms with Gasteiger partial charge in [0.25, 0.3) is 0 Å². The molecule has 1 aromatic rings. The lowest BCUT2D eigenvalue weighted by atomic mass is 10.3. The maximum atomic E-state index is 11.8. The molecule has 0 fully saturated rings. The normalized spacial score (nSPS) is 14.4. The minimum absolute atomic E-state index is 0.156. The van der Waals surface area contributed by atoms with Crippen LogP contribution < -0.4 is 14.2 Å². The van der Waals surface area contributed by atoms with Crippen molar-refractivity contribution >= 4 is 10.0 Å². The van der Waals surface area contributed by atoms with Gasteiger partial charge in [0.1, 0.15) is 13.2 Å². The van der Waals surface area contributed by atoms with Crippen molar-refractivity contribution in [1.82, 2.24) is 4.72 Å². The van der Waals surface area contributed by atoms with Crippen LogP contribution in [0.15, 0.2) is 35.7 Å². The van der Waals surface area contributed by atoms with E-state index in [-0.39, 0.29) is 11.4 Å². The molecular formula is C11H13NO4S. The molecule has 0 radical (unpaired) electrons. The van der Waals surface area contributed by atoms with Gasteiger partial charge in [-0.3, -0.25) is 0 Å². The molecular weight excluding hydrogens is 242 g/mol. The average molecular weight is 255 g/mol. The monoisotopic (exact) mass is 255 g/mol. The summed E-state index contributed by atoms with van der Waals surface area (Å²) < 4.78 is 36.7. The molecule has 1 aliphatic rings. The van der Waals surface area contributed by atoms with Crippen molar-refractivity contribution in [1.29, 1.82) is 0 Å². The molecule has 0 bridgehead atoms.